The number of nitrogens with zero attached hydrogens (tertiary/aromatic N) is 2. The molecule has 0 amide bonds. The van der Waals surface area contributed by atoms with E-state index in [1.807, 2.05) is 0 Å². The summed E-state index contributed by atoms with van der Waals surface area (Å²) in [5.74, 6) is 0.763. The highest BCUT2D eigenvalue weighted by Gasteiger charge is 2.27. The van der Waals surface area contributed by atoms with Crippen molar-refractivity contribution >= 4 is 0 Å². The van der Waals surface area contributed by atoms with Gasteiger partial charge < -0.3 is 4.90 Å². The van der Waals surface area contributed by atoms with Crippen LogP contribution in [0.4, 0.5) is 0 Å². The molecule has 0 spiro atoms. The van der Waals surface area contributed by atoms with Crippen LogP contribution in [0.25, 0.3) is 0 Å². The molecule has 0 aromatic rings. The molecule has 1 saturated heterocycles. The van der Waals surface area contributed by atoms with Crippen LogP contribution in [0.5, 0.6) is 0 Å². The zero-order valence-electron chi connectivity index (χ0n) is 10.5. The van der Waals surface area contributed by atoms with Crippen molar-refractivity contribution in [2.24, 2.45) is 5.92 Å². The Morgan fingerprint density at radius 2 is 2.00 bits per heavy atom. The van der Waals surface area contributed by atoms with Crippen molar-refractivity contribution in [3.05, 3.63) is 0 Å². The normalized spacial score (nSPS) is 32.1. The second-order valence-corrected chi connectivity index (χ2v) is 5.02. The zero-order chi connectivity index (χ0) is 10.7. The van der Waals surface area contributed by atoms with E-state index in [9.17, 15) is 0 Å². The Balaban J connectivity index is 2.66. The van der Waals surface area contributed by atoms with Crippen LogP contribution < -0.4 is 0 Å². The minimum Gasteiger partial charge on any atom is -0.302 e. The average molecular weight is 198 g/mol. The van der Waals surface area contributed by atoms with Crippen molar-refractivity contribution in [1.82, 2.24) is 9.80 Å². The molecule has 0 aromatic heterocycles. The van der Waals surface area contributed by atoms with Gasteiger partial charge in [0, 0.05) is 18.6 Å². The zero-order valence-corrected chi connectivity index (χ0v) is 10.5. The highest BCUT2D eigenvalue weighted by molar-refractivity contribution is 4.83. The molecule has 14 heavy (non-hydrogen) atoms. The molecule has 0 bridgehead atoms. The monoisotopic (exact) mass is 198 g/mol. The van der Waals surface area contributed by atoms with Gasteiger partial charge in [-0.15, -0.1) is 0 Å². The van der Waals surface area contributed by atoms with Crippen molar-refractivity contribution < 1.29 is 0 Å². The summed E-state index contributed by atoms with van der Waals surface area (Å²) in [6, 6.07) is 1.49. The smallest absolute Gasteiger partial charge is 0.0243 e. The van der Waals surface area contributed by atoms with Crippen LogP contribution in [0.15, 0.2) is 0 Å². The molecular weight excluding hydrogens is 172 g/mol. The fourth-order valence-electron chi connectivity index (χ4n) is 2.46. The summed E-state index contributed by atoms with van der Waals surface area (Å²) in [6.45, 7) is 13.0. The molecule has 1 aliphatic heterocycles. The lowest BCUT2D eigenvalue weighted by Crippen LogP contribution is -2.43. The van der Waals surface area contributed by atoms with Crippen LogP contribution in [0.3, 0.4) is 0 Å². The van der Waals surface area contributed by atoms with E-state index in [0.717, 1.165) is 18.0 Å². The van der Waals surface area contributed by atoms with Crippen molar-refractivity contribution in [3.63, 3.8) is 0 Å². The Morgan fingerprint density at radius 1 is 1.36 bits per heavy atom. The third-order valence-corrected chi connectivity index (χ3v) is 3.69. The molecule has 1 rings (SSSR count). The lowest BCUT2D eigenvalue weighted by molar-refractivity contribution is 0.155. The summed E-state index contributed by atoms with van der Waals surface area (Å²) < 4.78 is 0. The number of hydrogen-bond acceptors (Lipinski definition) is 2. The SMILES string of the molecule is CCN1CC(C(C)C)N(C)CCC1C. The van der Waals surface area contributed by atoms with Crippen molar-refractivity contribution in [3.8, 4) is 0 Å². The van der Waals surface area contributed by atoms with Crippen LogP contribution in [0.1, 0.15) is 34.1 Å². The third kappa shape index (κ3) is 2.71. The van der Waals surface area contributed by atoms with Crippen LogP contribution >= 0.6 is 0 Å². The predicted octanol–water partition coefficient (Wildman–Crippen LogP) is 2.06. The summed E-state index contributed by atoms with van der Waals surface area (Å²) in [4.78, 5) is 5.16. The van der Waals surface area contributed by atoms with Gasteiger partial charge in [-0.3, -0.25) is 4.90 Å². The summed E-state index contributed by atoms with van der Waals surface area (Å²) in [7, 11) is 2.27. The van der Waals surface area contributed by atoms with Crippen LogP contribution in [-0.2, 0) is 0 Å². The van der Waals surface area contributed by atoms with Crippen LogP contribution in [-0.4, -0.2) is 48.6 Å². The van der Waals surface area contributed by atoms with E-state index in [2.05, 4.69) is 44.5 Å². The fourth-order valence-corrected chi connectivity index (χ4v) is 2.46. The molecule has 2 atom stereocenters. The molecule has 2 heteroatoms. The van der Waals surface area contributed by atoms with Crippen LogP contribution in [0, 0.1) is 5.92 Å². The first-order valence-corrected chi connectivity index (χ1v) is 6.00. The van der Waals surface area contributed by atoms with Gasteiger partial charge in [-0.1, -0.05) is 20.8 Å². The van der Waals surface area contributed by atoms with Crippen molar-refractivity contribution in [1.29, 1.82) is 0 Å². The molecule has 2 unspecified atom stereocenters. The minimum absolute atomic E-state index is 0.736. The molecule has 0 aliphatic carbocycles. The van der Waals surface area contributed by atoms with Gasteiger partial charge in [0.15, 0.2) is 0 Å². The van der Waals surface area contributed by atoms with Gasteiger partial charge in [-0.05, 0) is 39.4 Å². The quantitative estimate of drug-likeness (QED) is 0.670. The highest BCUT2D eigenvalue weighted by atomic mass is 15.2. The first-order chi connectivity index (χ1) is 6.56. The van der Waals surface area contributed by atoms with Gasteiger partial charge in [0.05, 0.1) is 0 Å². The van der Waals surface area contributed by atoms with E-state index >= 15 is 0 Å². The van der Waals surface area contributed by atoms with Gasteiger partial charge >= 0.3 is 0 Å². The maximum absolute atomic E-state index is 2.62. The average Bonchev–Trinajstić information content (AvgIpc) is 2.27. The second kappa shape index (κ2) is 5.13. The van der Waals surface area contributed by atoms with Gasteiger partial charge in [-0.25, -0.2) is 0 Å². The number of hydrogen-bond donors (Lipinski definition) is 0. The summed E-state index contributed by atoms with van der Waals surface area (Å²) in [5.41, 5.74) is 0. The summed E-state index contributed by atoms with van der Waals surface area (Å²) >= 11 is 0. The van der Waals surface area contributed by atoms with Crippen molar-refractivity contribution in [2.75, 3.05) is 26.7 Å². The van der Waals surface area contributed by atoms with E-state index in [-0.39, 0.29) is 0 Å². The van der Waals surface area contributed by atoms with E-state index < -0.39 is 0 Å². The minimum atomic E-state index is 0.736. The Labute approximate surface area is 89.3 Å². The van der Waals surface area contributed by atoms with Crippen LogP contribution in [0.2, 0.25) is 0 Å². The summed E-state index contributed by atoms with van der Waals surface area (Å²) in [5, 5.41) is 0. The van der Waals surface area contributed by atoms with E-state index in [1.165, 1.54) is 26.1 Å². The molecule has 1 aliphatic rings. The Hall–Kier alpha value is -0.0800. The topological polar surface area (TPSA) is 6.48 Å². The Kier molecular flexibility index (Phi) is 4.39. The molecule has 0 saturated carbocycles. The first-order valence-electron chi connectivity index (χ1n) is 6.00. The Morgan fingerprint density at radius 3 is 2.50 bits per heavy atom. The largest absolute Gasteiger partial charge is 0.302 e. The molecule has 0 aromatic carbocycles. The predicted molar refractivity (Wildman–Crippen MR) is 62.6 cm³/mol. The van der Waals surface area contributed by atoms with Gasteiger partial charge in [0.25, 0.3) is 0 Å². The number of rotatable bonds is 2. The van der Waals surface area contributed by atoms with Crippen molar-refractivity contribution in [2.45, 2.75) is 46.2 Å². The summed E-state index contributed by atoms with van der Waals surface area (Å²) in [6.07, 6.45) is 1.31. The van der Waals surface area contributed by atoms with E-state index in [4.69, 9.17) is 0 Å². The molecule has 0 N–H and O–H groups in total. The molecular formula is C12H26N2. The number of likely N-dealkylation sites (N-methyl/N-ethyl adjacent to an activating group) is 2. The van der Waals surface area contributed by atoms with E-state index in [0.29, 0.717) is 0 Å². The lowest BCUT2D eigenvalue weighted by Gasteiger charge is -2.32. The molecule has 84 valence electrons. The standard InChI is InChI=1S/C12H26N2/c1-6-14-9-12(10(2)3)13(5)8-7-11(14)4/h10-12H,6-9H2,1-5H3. The van der Waals surface area contributed by atoms with Gasteiger partial charge in [0.2, 0.25) is 0 Å². The molecule has 1 heterocycles. The first kappa shape index (κ1) is 12.0. The molecule has 2 nitrogen and oxygen atoms in total. The van der Waals surface area contributed by atoms with Gasteiger partial charge in [0.1, 0.15) is 0 Å². The second-order valence-electron chi connectivity index (χ2n) is 5.02. The maximum atomic E-state index is 2.62. The molecule has 1 fully saturated rings. The van der Waals surface area contributed by atoms with E-state index in [1.54, 1.807) is 0 Å². The maximum Gasteiger partial charge on any atom is 0.0243 e. The lowest BCUT2D eigenvalue weighted by atomic mass is 10.0. The third-order valence-electron chi connectivity index (χ3n) is 3.69. The highest BCUT2D eigenvalue weighted by Crippen LogP contribution is 2.18. The molecule has 0 radical (unpaired) electrons. The fraction of sp³-hybridized carbons (Fsp3) is 1.00. The van der Waals surface area contributed by atoms with Gasteiger partial charge in [-0.2, -0.15) is 0 Å². The Bertz CT molecular complexity index is 168.